The molecule has 33 heavy (non-hydrogen) atoms. The van der Waals surface area contributed by atoms with E-state index in [9.17, 15) is 18.0 Å². The van der Waals surface area contributed by atoms with Crippen molar-refractivity contribution in [3.63, 3.8) is 0 Å². The van der Waals surface area contributed by atoms with Crippen LogP contribution in [0.15, 0.2) is 71.6 Å². The molecular weight excluding hydrogens is 438 g/mol. The molecule has 0 saturated heterocycles. The van der Waals surface area contributed by atoms with E-state index in [1.165, 1.54) is 12.1 Å². The van der Waals surface area contributed by atoms with Crippen molar-refractivity contribution in [3.05, 3.63) is 89.0 Å². The Morgan fingerprint density at radius 3 is 2.39 bits per heavy atom. The lowest BCUT2D eigenvalue weighted by molar-refractivity contribution is -0.115. The second kappa shape index (κ2) is 10.0. The third-order valence-corrected chi connectivity index (χ3v) is 6.14. The lowest BCUT2D eigenvalue weighted by Gasteiger charge is -2.12. The molecule has 0 radical (unpaired) electrons. The summed E-state index contributed by atoms with van der Waals surface area (Å²) in [5.41, 5.74) is 3.19. The maximum absolute atomic E-state index is 12.8. The molecule has 0 atom stereocenters. The van der Waals surface area contributed by atoms with Crippen molar-refractivity contribution in [1.29, 1.82) is 0 Å². The first-order valence-electron chi connectivity index (χ1n) is 10.0. The summed E-state index contributed by atoms with van der Waals surface area (Å²) in [5, 5.41) is 5.17. The summed E-state index contributed by atoms with van der Waals surface area (Å²) >= 11 is 0. The maximum Gasteiger partial charge on any atom is 0.261 e. The van der Waals surface area contributed by atoms with E-state index in [-0.39, 0.29) is 17.0 Å². The molecule has 168 valence electrons. The van der Waals surface area contributed by atoms with Crippen LogP contribution in [-0.4, -0.2) is 26.8 Å². The summed E-state index contributed by atoms with van der Waals surface area (Å²) in [6, 6.07) is 18.0. The van der Waals surface area contributed by atoms with E-state index in [0.29, 0.717) is 22.5 Å². The number of nitrogens with one attached hydrogen (secondary N) is 3. The molecule has 0 aromatic heterocycles. The van der Waals surface area contributed by atoms with Gasteiger partial charge in [0.1, 0.15) is 0 Å². The highest BCUT2D eigenvalue weighted by molar-refractivity contribution is 7.92. The molecule has 0 aliphatic rings. The highest BCUT2D eigenvalue weighted by Crippen LogP contribution is 2.20. The Kier molecular flexibility index (Phi) is 7.16. The summed E-state index contributed by atoms with van der Waals surface area (Å²) < 4.78 is 28.1. The van der Waals surface area contributed by atoms with Gasteiger partial charge in [-0.3, -0.25) is 14.3 Å². The third kappa shape index (κ3) is 6.21. The molecule has 0 unspecified atom stereocenters. The van der Waals surface area contributed by atoms with Crippen LogP contribution in [0, 0.1) is 26.2 Å². The minimum absolute atomic E-state index is 0.0599. The first kappa shape index (κ1) is 23.6. The van der Waals surface area contributed by atoms with E-state index < -0.39 is 21.8 Å². The zero-order valence-corrected chi connectivity index (χ0v) is 19.0. The van der Waals surface area contributed by atoms with Crippen molar-refractivity contribution in [3.8, 4) is 12.3 Å². The van der Waals surface area contributed by atoms with Gasteiger partial charge in [-0.2, -0.15) is 0 Å². The van der Waals surface area contributed by atoms with Crippen molar-refractivity contribution < 1.29 is 18.0 Å². The van der Waals surface area contributed by atoms with Crippen LogP contribution in [0.5, 0.6) is 0 Å². The summed E-state index contributed by atoms with van der Waals surface area (Å²) in [7, 11) is -3.91. The number of aryl methyl sites for hydroxylation is 2. The van der Waals surface area contributed by atoms with Gasteiger partial charge in [-0.25, -0.2) is 8.42 Å². The van der Waals surface area contributed by atoms with Crippen LogP contribution in [0.3, 0.4) is 0 Å². The Balaban J connectivity index is 1.70. The fraction of sp³-hybridized carbons (Fsp3) is 0.120. The summed E-state index contributed by atoms with van der Waals surface area (Å²) in [5.74, 6) is 1.47. The first-order chi connectivity index (χ1) is 15.7. The second-order valence-corrected chi connectivity index (χ2v) is 9.09. The number of hydrogen-bond donors (Lipinski definition) is 3. The maximum atomic E-state index is 12.8. The van der Waals surface area contributed by atoms with Crippen molar-refractivity contribution >= 4 is 33.2 Å². The van der Waals surface area contributed by atoms with Crippen molar-refractivity contribution in [2.45, 2.75) is 18.7 Å². The van der Waals surface area contributed by atoms with Gasteiger partial charge in [0.05, 0.1) is 11.4 Å². The van der Waals surface area contributed by atoms with Crippen LogP contribution in [0.1, 0.15) is 27.0 Å². The molecule has 0 bridgehead atoms. The predicted molar refractivity (Wildman–Crippen MR) is 129 cm³/mol. The van der Waals surface area contributed by atoms with Crippen LogP contribution in [0.2, 0.25) is 0 Å². The molecule has 3 aromatic carbocycles. The van der Waals surface area contributed by atoms with Crippen molar-refractivity contribution in [1.82, 2.24) is 5.32 Å². The number of benzene rings is 3. The van der Waals surface area contributed by atoms with Gasteiger partial charge in [-0.05, 0) is 67.4 Å². The van der Waals surface area contributed by atoms with Gasteiger partial charge in [-0.15, -0.1) is 6.42 Å². The van der Waals surface area contributed by atoms with E-state index >= 15 is 0 Å². The molecule has 3 rings (SSSR count). The van der Waals surface area contributed by atoms with Crippen molar-refractivity contribution in [2.24, 2.45) is 0 Å². The van der Waals surface area contributed by atoms with Gasteiger partial charge in [0.25, 0.3) is 15.9 Å². The second-order valence-electron chi connectivity index (χ2n) is 7.41. The number of amides is 2. The molecule has 0 saturated carbocycles. The molecule has 2 amide bonds. The number of carbonyl (C=O) groups excluding carboxylic acids is 2. The van der Waals surface area contributed by atoms with Crippen LogP contribution in [0.4, 0.5) is 11.4 Å². The summed E-state index contributed by atoms with van der Waals surface area (Å²) in [6.45, 7) is 3.25. The van der Waals surface area contributed by atoms with Crippen molar-refractivity contribution in [2.75, 3.05) is 16.6 Å². The Labute approximate surface area is 193 Å². The average molecular weight is 462 g/mol. The van der Waals surface area contributed by atoms with E-state index in [1.54, 1.807) is 55.5 Å². The smallest absolute Gasteiger partial charge is 0.261 e. The van der Waals surface area contributed by atoms with Gasteiger partial charge >= 0.3 is 0 Å². The molecular formula is C25H23N3O4S. The SMILES string of the molecule is C#Cc1cccc(NC(=O)CNC(=O)c2cc(S(=O)(=O)Nc3cccc(C)c3)ccc2C)c1. The number of anilines is 2. The van der Waals surface area contributed by atoms with Crippen LogP contribution < -0.4 is 15.4 Å². The Hall–Kier alpha value is -4.09. The lowest BCUT2D eigenvalue weighted by Crippen LogP contribution is -2.33. The zero-order chi connectivity index (χ0) is 24.0. The monoisotopic (exact) mass is 461 g/mol. The van der Waals surface area contributed by atoms with Gasteiger partial charge in [0.2, 0.25) is 5.91 Å². The molecule has 8 heteroatoms. The number of hydrogen-bond acceptors (Lipinski definition) is 4. The average Bonchev–Trinajstić information content (AvgIpc) is 2.77. The molecule has 0 aliphatic carbocycles. The lowest BCUT2D eigenvalue weighted by atomic mass is 10.1. The predicted octanol–water partition coefficient (Wildman–Crippen LogP) is 3.45. The van der Waals surface area contributed by atoms with Crippen LogP contribution in [-0.2, 0) is 14.8 Å². The quantitative estimate of drug-likeness (QED) is 0.469. The van der Waals surface area contributed by atoms with E-state index in [4.69, 9.17) is 6.42 Å². The normalized spacial score (nSPS) is 10.7. The highest BCUT2D eigenvalue weighted by atomic mass is 32.2. The number of carbonyl (C=O) groups is 2. The minimum Gasteiger partial charge on any atom is -0.343 e. The van der Waals surface area contributed by atoms with Gasteiger partial charge in [0.15, 0.2) is 0 Å². The molecule has 0 aliphatic heterocycles. The minimum atomic E-state index is -3.91. The fourth-order valence-corrected chi connectivity index (χ4v) is 4.16. The van der Waals surface area contributed by atoms with Gasteiger partial charge in [0, 0.05) is 22.5 Å². The van der Waals surface area contributed by atoms with Crippen LogP contribution >= 0.6 is 0 Å². The summed E-state index contributed by atoms with van der Waals surface area (Å²) in [4.78, 5) is 24.8. The number of sulfonamides is 1. The van der Waals surface area contributed by atoms with E-state index in [1.807, 2.05) is 13.0 Å². The van der Waals surface area contributed by atoms with E-state index in [2.05, 4.69) is 21.3 Å². The molecule has 0 spiro atoms. The van der Waals surface area contributed by atoms with Gasteiger partial charge in [-0.1, -0.05) is 30.2 Å². The molecule has 3 aromatic rings. The number of rotatable bonds is 7. The fourth-order valence-electron chi connectivity index (χ4n) is 3.08. The number of terminal acetylenes is 1. The Morgan fingerprint density at radius 1 is 0.939 bits per heavy atom. The standard InChI is InChI=1S/C25H23N3O4S/c1-4-19-8-6-9-20(14-19)27-24(29)16-26-25(30)23-15-22(12-11-18(23)3)33(31,32)28-21-10-5-7-17(2)13-21/h1,5-15,28H,16H2,2-3H3,(H,26,30)(H,27,29). The van der Waals surface area contributed by atoms with E-state index in [0.717, 1.165) is 5.56 Å². The first-order valence-corrected chi connectivity index (χ1v) is 11.5. The zero-order valence-electron chi connectivity index (χ0n) is 18.2. The molecule has 7 nitrogen and oxygen atoms in total. The molecule has 3 N–H and O–H groups in total. The third-order valence-electron chi connectivity index (χ3n) is 4.76. The van der Waals surface area contributed by atoms with Gasteiger partial charge < -0.3 is 10.6 Å². The molecule has 0 fully saturated rings. The molecule has 0 heterocycles. The topological polar surface area (TPSA) is 104 Å². The Bertz CT molecular complexity index is 1360. The Morgan fingerprint density at radius 2 is 1.67 bits per heavy atom. The summed E-state index contributed by atoms with van der Waals surface area (Å²) in [6.07, 6.45) is 5.35. The largest absolute Gasteiger partial charge is 0.343 e. The highest BCUT2D eigenvalue weighted by Gasteiger charge is 2.19. The van der Waals surface area contributed by atoms with Crippen LogP contribution in [0.25, 0.3) is 0 Å².